The topological polar surface area (TPSA) is 66.8 Å². The number of rotatable bonds is 16. The third-order valence-corrected chi connectivity index (χ3v) is 8.63. The van der Waals surface area contributed by atoms with Gasteiger partial charge in [-0.15, -0.1) is 0 Å². The molecule has 40 heavy (non-hydrogen) atoms. The molecule has 0 saturated heterocycles. The van der Waals surface area contributed by atoms with Gasteiger partial charge in [0.1, 0.15) is 11.5 Å². The van der Waals surface area contributed by atoms with E-state index in [9.17, 15) is 8.42 Å². The Bertz CT molecular complexity index is 1470. The number of allylic oxidation sites excluding steroid dienone is 1. The average molecular weight is 562 g/mol. The maximum absolute atomic E-state index is 13.5. The molecule has 0 fully saturated rings. The van der Waals surface area contributed by atoms with Crippen molar-refractivity contribution in [2.75, 3.05) is 20.8 Å². The van der Waals surface area contributed by atoms with Gasteiger partial charge in [0.05, 0.1) is 36.6 Å². The summed E-state index contributed by atoms with van der Waals surface area (Å²) in [5, 5.41) is 0.785. The number of unbranched alkanes of at least 4 members (excludes halogenated alkanes) is 6. The van der Waals surface area contributed by atoms with Gasteiger partial charge in [0.2, 0.25) is 0 Å². The molecule has 0 aliphatic rings. The fourth-order valence-corrected chi connectivity index (χ4v) is 6.13. The van der Waals surface area contributed by atoms with Crippen molar-refractivity contribution < 1.29 is 22.6 Å². The number of fused-ring (bicyclic) bond motifs is 1. The Balaban J connectivity index is 1.29. The molecule has 0 aliphatic heterocycles. The first-order chi connectivity index (χ1) is 19.5. The smallest absolute Gasteiger partial charge is 0.268 e. The summed E-state index contributed by atoms with van der Waals surface area (Å²) in [7, 11) is -0.642. The zero-order valence-electron chi connectivity index (χ0n) is 23.4. The number of hydrogen-bond acceptors (Lipinski definition) is 5. The number of ether oxygens (including phenoxy) is 3. The van der Waals surface area contributed by atoms with Crippen molar-refractivity contribution in [3.05, 3.63) is 96.2 Å². The molecular formula is C33H39NO5S. The summed E-state index contributed by atoms with van der Waals surface area (Å²) in [5.41, 5.74) is 2.63. The molecule has 0 unspecified atom stereocenters. The van der Waals surface area contributed by atoms with Gasteiger partial charge in [-0.1, -0.05) is 74.2 Å². The first-order valence-electron chi connectivity index (χ1n) is 13.9. The van der Waals surface area contributed by atoms with Crippen molar-refractivity contribution in [3.63, 3.8) is 0 Å². The minimum Gasteiger partial charge on any atom is -0.497 e. The van der Waals surface area contributed by atoms with Gasteiger partial charge in [-0.2, -0.15) is 0 Å². The Morgan fingerprint density at radius 2 is 1.50 bits per heavy atom. The van der Waals surface area contributed by atoms with E-state index in [1.165, 1.54) is 35.2 Å². The van der Waals surface area contributed by atoms with Gasteiger partial charge in [-0.05, 0) is 61.2 Å². The van der Waals surface area contributed by atoms with Crippen LogP contribution in [0.15, 0.2) is 90.0 Å². The van der Waals surface area contributed by atoms with E-state index in [1.54, 1.807) is 44.7 Å². The summed E-state index contributed by atoms with van der Waals surface area (Å²) < 4.78 is 44.9. The molecular weight excluding hydrogens is 522 g/mol. The lowest BCUT2D eigenvalue weighted by molar-refractivity contribution is 0.116. The van der Waals surface area contributed by atoms with Gasteiger partial charge in [0.25, 0.3) is 10.0 Å². The molecule has 7 heteroatoms. The van der Waals surface area contributed by atoms with Gasteiger partial charge in [0.15, 0.2) is 0 Å². The second-order valence-electron chi connectivity index (χ2n) is 9.77. The molecule has 4 rings (SSSR count). The number of hydrogen-bond donors (Lipinski definition) is 0. The molecule has 0 radical (unpaired) electrons. The summed E-state index contributed by atoms with van der Waals surface area (Å²) in [5.74, 6) is 1.25. The molecule has 1 aromatic heterocycles. The zero-order valence-corrected chi connectivity index (χ0v) is 24.2. The average Bonchev–Trinajstić information content (AvgIpc) is 3.38. The maximum Gasteiger partial charge on any atom is 0.268 e. The second-order valence-corrected chi connectivity index (χ2v) is 11.6. The Hall–Kier alpha value is -3.55. The molecule has 0 spiro atoms. The van der Waals surface area contributed by atoms with Gasteiger partial charge >= 0.3 is 0 Å². The van der Waals surface area contributed by atoms with Crippen LogP contribution in [0.25, 0.3) is 17.0 Å². The SMILES string of the molecule is COc1ccc(S(=O)(=O)n2cc(/C=C\CCCCCCCCOCc3ccccc3)c3c(OC)cccc32)cc1. The minimum atomic E-state index is -3.80. The summed E-state index contributed by atoms with van der Waals surface area (Å²) in [6.07, 6.45) is 13.7. The van der Waals surface area contributed by atoms with Crippen LogP contribution in [0.2, 0.25) is 0 Å². The predicted octanol–water partition coefficient (Wildman–Crippen LogP) is 7.86. The van der Waals surface area contributed by atoms with Crippen molar-refractivity contribution in [2.45, 2.75) is 56.4 Å². The highest BCUT2D eigenvalue weighted by Crippen LogP contribution is 2.34. The van der Waals surface area contributed by atoms with Crippen molar-refractivity contribution in [2.24, 2.45) is 0 Å². The van der Waals surface area contributed by atoms with Crippen LogP contribution in [0, 0.1) is 0 Å². The third kappa shape index (κ3) is 7.55. The van der Waals surface area contributed by atoms with Crippen LogP contribution in [-0.2, 0) is 21.4 Å². The van der Waals surface area contributed by atoms with Crippen molar-refractivity contribution in [1.82, 2.24) is 3.97 Å². The van der Waals surface area contributed by atoms with Crippen molar-refractivity contribution >= 4 is 27.0 Å². The normalized spacial score (nSPS) is 11.8. The molecule has 0 atom stereocenters. The van der Waals surface area contributed by atoms with Crippen LogP contribution < -0.4 is 9.47 Å². The van der Waals surface area contributed by atoms with Gasteiger partial charge in [0, 0.05) is 18.4 Å². The third-order valence-electron chi connectivity index (χ3n) is 6.94. The molecule has 4 aromatic rings. The molecule has 0 N–H and O–H groups in total. The van der Waals surface area contributed by atoms with Crippen LogP contribution in [0.4, 0.5) is 0 Å². The van der Waals surface area contributed by atoms with Crippen molar-refractivity contribution in [1.29, 1.82) is 0 Å². The Morgan fingerprint density at radius 3 is 2.23 bits per heavy atom. The van der Waals surface area contributed by atoms with Crippen LogP contribution >= 0.6 is 0 Å². The van der Waals surface area contributed by atoms with Gasteiger partial charge in [-0.25, -0.2) is 12.4 Å². The van der Waals surface area contributed by atoms with Crippen LogP contribution in [0.5, 0.6) is 11.5 Å². The van der Waals surface area contributed by atoms with E-state index in [0.717, 1.165) is 36.8 Å². The molecule has 212 valence electrons. The van der Waals surface area contributed by atoms with E-state index in [1.807, 2.05) is 42.5 Å². The molecule has 0 saturated carbocycles. The Morgan fingerprint density at radius 1 is 0.775 bits per heavy atom. The Labute approximate surface area is 238 Å². The van der Waals surface area contributed by atoms with E-state index < -0.39 is 10.0 Å². The standard InChI is InChI=1S/C33H39NO5S/c1-37-29-20-22-30(23-21-29)40(35,36)34-25-28(33-31(34)18-14-19-32(33)38-2)17-12-7-5-3-4-6-8-13-24-39-26-27-15-10-9-11-16-27/h9-12,14-23,25H,3-8,13,24,26H2,1-2H3/b17-12-. The van der Waals surface area contributed by atoms with E-state index in [4.69, 9.17) is 14.2 Å². The van der Waals surface area contributed by atoms with Gasteiger partial charge in [-0.3, -0.25) is 0 Å². The van der Waals surface area contributed by atoms with Crippen LogP contribution in [-0.4, -0.2) is 33.2 Å². The fraction of sp³-hybridized carbons (Fsp3) is 0.333. The number of aromatic nitrogens is 1. The highest BCUT2D eigenvalue weighted by molar-refractivity contribution is 7.90. The quantitative estimate of drug-likeness (QED) is 0.130. The first kappa shape index (κ1) is 29.4. The predicted molar refractivity (Wildman–Crippen MR) is 162 cm³/mol. The first-order valence-corrected chi connectivity index (χ1v) is 15.3. The molecule has 6 nitrogen and oxygen atoms in total. The maximum atomic E-state index is 13.5. The van der Waals surface area contributed by atoms with E-state index in [0.29, 0.717) is 23.6 Å². The lowest BCUT2D eigenvalue weighted by atomic mass is 10.1. The van der Waals surface area contributed by atoms with E-state index in [2.05, 4.69) is 18.2 Å². The van der Waals surface area contributed by atoms with E-state index >= 15 is 0 Å². The summed E-state index contributed by atoms with van der Waals surface area (Å²) >= 11 is 0. The second kappa shape index (κ2) is 14.7. The van der Waals surface area contributed by atoms with Crippen LogP contribution in [0.3, 0.4) is 0 Å². The zero-order chi connectivity index (χ0) is 28.2. The van der Waals surface area contributed by atoms with Crippen LogP contribution in [0.1, 0.15) is 56.1 Å². The number of benzene rings is 3. The lowest BCUT2D eigenvalue weighted by Crippen LogP contribution is -2.11. The lowest BCUT2D eigenvalue weighted by Gasteiger charge is -2.09. The highest BCUT2D eigenvalue weighted by atomic mass is 32.2. The molecule has 3 aromatic carbocycles. The van der Waals surface area contributed by atoms with Gasteiger partial charge < -0.3 is 14.2 Å². The monoisotopic (exact) mass is 561 g/mol. The van der Waals surface area contributed by atoms with E-state index in [-0.39, 0.29) is 4.90 Å². The molecule has 1 heterocycles. The minimum absolute atomic E-state index is 0.200. The highest BCUT2D eigenvalue weighted by Gasteiger charge is 2.22. The summed E-state index contributed by atoms with van der Waals surface area (Å²) in [4.78, 5) is 0.200. The summed E-state index contributed by atoms with van der Waals surface area (Å²) in [6.45, 7) is 1.49. The van der Waals surface area contributed by atoms with Crippen molar-refractivity contribution in [3.8, 4) is 11.5 Å². The number of methoxy groups -OCH3 is 2. The number of nitrogens with zero attached hydrogens (tertiary/aromatic N) is 1. The Kier molecular flexibility index (Phi) is 10.8. The molecule has 0 amide bonds. The largest absolute Gasteiger partial charge is 0.497 e. The molecule has 0 aliphatic carbocycles. The fourth-order valence-electron chi connectivity index (χ4n) is 4.76. The summed E-state index contributed by atoms with van der Waals surface area (Å²) in [6, 6.07) is 22.2. The molecule has 0 bridgehead atoms.